The summed E-state index contributed by atoms with van der Waals surface area (Å²) in [4.78, 5) is 12.1. The van der Waals surface area contributed by atoms with Gasteiger partial charge < -0.3 is 9.47 Å². The molecule has 16 heavy (non-hydrogen) atoms. The molecule has 3 heteroatoms. The van der Waals surface area contributed by atoms with E-state index in [1.54, 1.807) is 0 Å². The van der Waals surface area contributed by atoms with Crippen molar-refractivity contribution >= 4 is 5.78 Å². The average Bonchev–Trinajstić information content (AvgIpc) is 2.39. The van der Waals surface area contributed by atoms with Crippen LogP contribution < -0.4 is 0 Å². The van der Waals surface area contributed by atoms with Crippen molar-refractivity contribution in [1.29, 1.82) is 0 Å². The summed E-state index contributed by atoms with van der Waals surface area (Å²) >= 11 is 0. The van der Waals surface area contributed by atoms with E-state index in [2.05, 4.69) is 0 Å². The maximum atomic E-state index is 12.1. The smallest absolute Gasteiger partial charge is 0.168 e. The van der Waals surface area contributed by atoms with E-state index < -0.39 is 0 Å². The molecule has 0 bridgehead atoms. The quantitative estimate of drug-likeness (QED) is 0.730. The first-order valence-corrected chi connectivity index (χ1v) is 5.57. The van der Waals surface area contributed by atoms with E-state index >= 15 is 0 Å². The minimum absolute atomic E-state index is 0.110. The molecule has 1 aromatic rings. The second-order valence-corrected chi connectivity index (χ2v) is 4.00. The second-order valence-electron chi connectivity index (χ2n) is 4.00. The summed E-state index contributed by atoms with van der Waals surface area (Å²) in [5, 5.41) is 0. The Hall–Kier alpha value is -1.19. The number of hydrogen-bond acceptors (Lipinski definition) is 3. The van der Waals surface area contributed by atoms with Gasteiger partial charge >= 0.3 is 0 Å². The molecule has 1 fully saturated rings. The summed E-state index contributed by atoms with van der Waals surface area (Å²) < 4.78 is 10.8. The molecule has 2 rings (SSSR count). The van der Waals surface area contributed by atoms with Crippen LogP contribution in [-0.4, -0.2) is 31.7 Å². The lowest BCUT2D eigenvalue weighted by Gasteiger charge is -2.27. The van der Waals surface area contributed by atoms with Crippen molar-refractivity contribution in [2.75, 3.05) is 19.8 Å². The van der Waals surface area contributed by atoms with Crippen molar-refractivity contribution < 1.29 is 14.3 Å². The summed E-state index contributed by atoms with van der Waals surface area (Å²) in [6.07, 6.45) is -0.110. The van der Waals surface area contributed by atoms with Crippen LogP contribution in [0.1, 0.15) is 17.3 Å². The van der Waals surface area contributed by atoms with Crippen molar-refractivity contribution in [2.45, 2.75) is 13.0 Å². The fourth-order valence-electron chi connectivity index (χ4n) is 1.83. The summed E-state index contributed by atoms with van der Waals surface area (Å²) in [5.41, 5.74) is 0.740. The highest BCUT2D eigenvalue weighted by Crippen LogP contribution is 2.17. The molecule has 0 aliphatic carbocycles. The third-order valence-electron chi connectivity index (χ3n) is 2.87. The number of carbonyl (C=O) groups excluding carboxylic acids is 1. The van der Waals surface area contributed by atoms with Gasteiger partial charge in [0.05, 0.1) is 25.9 Å². The molecule has 1 aromatic carbocycles. The van der Waals surface area contributed by atoms with Crippen LogP contribution in [0, 0.1) is 5.92 Å². The van der Waals surface area contributed by atoms with Gasteiger partial charge in [-0.2, -0.15) is 0 Å². The van der Waals surface area contributed by atoms with Crippen LogP contribution in [0.4, 0.5) is 0 Å². The number of ether oxygens (including phenoxy) is 2. The molecule has 1 aliphatic heterocycles. The molecule has 2 unspecified atom stereocenters. The number of hydrogen-bond donors (Lipinski definition) is 0. The molecule has 1 aliphatic rings. The maximum Gasteiger partial charge on any atom is 0.168 e. The molecule has 0 saturated carbocycles. The van der Waals surface area contributed by atoms with Gasteiger partial charge in [-0.25, -0.2) is 0 Å². The van der Waals surface area contributed by atoms with E-state index in [1.165, 1.54) is 0 Å². The molecular weight excluding hydrogens is 204 g/mol. The Kier molecular flexibility index (Phi) is 3.70. The minimum atomic E-state index is -0.150. The summed E-state index contributed by atoms with van der Waals surface area (Å²) in [6, 6.07) is 9.32. The Morgan fingerprint density at radius 2 is 2.06 bits per heavy atom. The normalized spacial score (nSPS) is 22.7. The second kappa shape index (κ2) is 5.23. The van der Waals surface area contributed by atoms with Crippen LogP contribution in [0.5, 0.6) is 0 Å². The van der Waals surface area contributed by atoms with Gasteiger partial charge in [-0.3, -0.25) is 4.79 Å². The standard InChI is InChI=1S/C13H16O3/c1-10(12-9-15-7-8-16-12)13(14)11-5-3-2-4-6-11/h2-6,10,12H,7-9H2,1H3. The first-order chi connectivity index (χ1) is 7.79. The minimum Gasteiger partial charge on any atom is -0.376 e. The number of ketones is 1. The lowest BCUT2D eigenvalue weighted by Crippen LogP contribution is -2.37. The Morgan fingerprint density at radius 1 is 1.31 bits per heavy atom. The van der Waals surface area contributed by atoms with Crippen molar-refractivity contribution in [1.82, 2.24) is 0 Å². The van der Waals surface area contributed by atoms with Gasteiger partial charge in [0, 0.05) is 11.5 Å². The fraction of sp³-hybridized carbons (Fsp3) is 0.462. The largest absolute Gasteiger partial charge is 0.376 e. The first-order valence-electron chi connectivity index (χ1n) is 5.57. The van der Waals surface area contributed by atoms with Crippen molar-refractivity contribution in [3.63, 3.8) is 0 Å². The van der Waals surface area contributed by atoms with Crippen LogP contribution in [0.2, 0.25) is 0 Å². The van der Waals surface area contributed by atoms with Gasteiger partial charge in [0.15, 0.2) is 5.78 Å². The van der Waals surface area contributed by atoms with Gasteiger partial charge in [0.25, 0.3) is 0 Å². The molecule has 0 N–H and O–H groups in total. The number of benzene rings is 1. The molecule has 1 saturated heterocycles. The molecule has 0 radical (unpaired) electrons. The molecule has 2 atom stereocenters. The highest BCUT2D eigenvalue weighted by molar-refractivity contribution is 5.97. The van der Waals surface area contributed by atoms with E-state index in [4.69, 9.17) is 9.47 Å². The van der Waals surface area contributed by atoms with Crippen LogP contribution in [0.3, 0.4) is 0 Å². The van der Waals surface area contributed by atoms with Crippen molar-refractivity contribution in [3.05, 3.63) is 35.9 Å². The molecule has 86 valence electrons. The van der Waals surface area contributed by atoms with E-state index in [9.17, 15) is 4.79 Å². The van der Waals surface area contributed by atoms with E-state index in [1.807, 2.05) is 37.3 Å². The maximum absolute atomic E-state index is 12.1. The van der Waals surface area contributed by atoms with Crippen LogP contribution in [0.15, 0.2) is 30.3 Å². The number of carbonyl (C=O) groups is 1. The third-order valence-corrected chi connectivity index (χ3v) is 2.87. The summed E-state index contributed by atoms with van der Waals surface area (Å²) in [7, 11) is 0. The van der Waals surface area contributed by atoms with Crippen LogP contribution in [0.25, 0.3) is 0 Å². The predicted octanol–water partition coefficient (Wildman–Crippen LogP) is 1.92. The molecule has 0 spiro atoms. The lowest BCUT2D eigenvalue weighted by atomic mass is 9.94. The SMILES string of the molecule is CC(C(=O)c1ccccc1)C1COCCO1. The molecule has 3 nitrogen and oxygen atoms in total. The highest BCUT2D eigenvalue weighted by atomic mass is 16.6. The van der Waals surface area contributed by atoms with Gasteiger partial charge in [-0.15, -0.1) is 0 Å². The molecule has 1 heterocycles. The van der Waals surface area contributed by atoms with E-state index in [-0.39, 0.29) is 17.8 Å². The zero-order valence-electron chi connectivity index (χ0n) is 9.39. The Morgan fingerprint density at radius 3 is 2.69 bits per heavy atom. The van der Waals surface area contributed by atoms with Crippen LogP contribution in [-0.2, 0) is 9.47 Å². The first kappa shape index (κ1) is 11.3. The van der Waals surface area contributed by atoms with Gasteiger partial charge in [0.2, 0.25) is 0 Å². The summed E-state index contributed by atoms with van der Waals surface area (Å²) in [6.45, 7) is 3.62. The van der Waals surface area contributed by atoms with E-state index in [0.29, 0.717) is 19.8 Å². The highest BCUT2D eigenvalue weighted by Gasteiger charge is 2.27. The van der Waals surface area contributed by atoms with Crippen molar-refractivity contribution in [2.24, 2.45) is 5.92 Å². The monoisotopic (exact) mass is 220 g/mol. The topological polar surface area (TPSA) is 35.5 Å². The number of Topliss-reactive ketones (excluding diaryl/α,β-unsaturated/α-hetero) is 1. The molecule has 0 aromatic heterocycles. The fourth-order valence-corrected chi connectivity index (χ4v) is 1.83. The zero-order valence-corrected chi connectivity index (χ0v) is 9.39. The Balaban J connectivity index is 2.04. The lowest BCUT2D eigenvalue weighted by molar-refractivity contribution is -0.102. The van der Waals surface area contributed by atoms with Crippen molar-refractivity contribution in [3.8, 4) is 0 Å². The Bertz CT molecular complexity index is 341. The Labute approximate surface area is 95.4 Å². The average molecular weight is 220 g/mol. The van der Waals surface area contributed by atoms with Gasteiger partial charge in [-0.05, 0) is 0 Å². The van der Waals surface area contributed by atoms with Gasteiger partial charge in [0.1, 0.15) is 0 Å². The zero-order chi connectivity index (χ0) is 11.4. The molecule has 0 amide bonds. The van der Waals surface area contributed by atoms with Gasteiger partial charge in [-0.1, -0.05) is 37.3 Å². The predicted molar refractivity (Wildman–Crippen MR) is 60.5 cm³/mol. The molecular formula is C13H16O3. The number of rotatable bonds is 3. The van der Waals surface area contributed by atoms with E-state index in [0.717, 1.165) is 5.56 Å². The summed E-state index contributed by atoms with van der Waals surface area (Å²) in [5.74, 6) is -0.0289. The third kappa shape index (κ3) is 2.49. The van der Waals surface area contributed by atoms with Crippen LogP contribution >= 0.6 is 0 Å².